The van der Waals surface area contributed by atoms with Gasteiger partial charge in [-0.05, 0) is 30.5 Å². The maximum absolute atomic E-state index is 4.48. The van der Waals surface area contributed by atoms with Crippen molar-refractivity contribution < 1.29 is 0 Å². The molecule has 5 rings (SSSR count). The van der Waals surface area contributed by atoms with E-state index in [0.29, 0.717) is 5.78 Å². The summed E-state index contributed by atoms with van der Waals surface area (Å²) in [6, 6.07) is 22.0. The predicted molar refractivity (Wildman–Crippen MR) is 119 cm³/mol. The van der Waals surface area contributed by atoms with E-state index in [4.69, 9.17) is 0 Å². The van der Waals surface area contributed by atoms with E-state index in [1.807, 2.05) is 11.4 Å². The summed E-state index contributed by atoms with van der Waals surface area (Å²) in [6.45, 7) is 8.05. The van der Waals surface area contributed by atoms with Crippen molar-refractivity contribution in [1.82, 2.24) is 24.5 Å². The van der Waals surface area contributed by atoms with Crippen molar-refractivity contribution in [2.75, 3.05) is 31.1 Å². The summed E-state index contributed by atoms with van der Waals surface area (Å²) in [4.78, 5) is 13.7. The monoisotopic (exact) mass is 398 g/mol. The van der Waals surface area contributed by atoms with Crippen LogP contribution in [0.15, 0.2) is 67.0 Å². The lowest BCUT2D eigenvalue weighted by molar-refractivity contribution is 0.211. The minimum Gasteiger partial charge on any atom is -0.354 e. The van der Waals surface area contributed by atoms with E-state index in [-0.39, 0.29) is 6.04 Å². The van der Waals surface area contributed by atoms with Crippen LogP contribution >= 0.6 is 0 Å². The molecule has 1 saturated heterocycles. The van der Waals surface area contributed by atoms with Crippen molar-refractivity contribution >= 4 is 11.6 Å². The molecule has 0 radical (unpaired) electrons. The molecule has 0 spiro atoms. The first-order chi connectivity index (χ1) is 14.7. The van der Waals surface area contributed by atoms with Crippen LogP contribution in [0.2, 0.25) is 0 Å². The molecule has 1 atom stereocenters. The molecular weight excluding hydrogens is 372 g/mol. The largest absolute Gasteiger partial charge is 0.354 e. The molecule has 1 aliphatic heterocycles. The zero-order valence-electron chi connectivity index (χ0n) is 17.4. The number of benzene rings is 2. The van der Waals surface area contributed by atoms with Gasteiger partial charge in [0, 0.05) is 37.9 Å². The second-order valence-electron chi connectivity index (χ2n) is 7.92. The Morgan fingerprint density at radius 3 is 2.37 bits per heavy atom. The number of hydrogen-bond donors (Lipinski definition) is 0. The molecule has 0 aliphatic carbocycles. The lowest BCUT2D eigenvalue weighted by atomic mass is 9.93. The summed E-state index contributed by atoms with van der Waals surface area (Å²) in [5.41, 5.74) is 5.03. The molecule has 0 N–H and O–H groups in total. The predicted octanol–water partition coefficient (Wildman–Crippen LogP) is 3.65. The van der Waals surface area contributed by atoms with E-state index in [2.05, 4.69) is 92.5 Å². The van der Waals surface area contributed by atoms with Crippen molar-refractivity contribution in [3.63, 3.8) is 0 Å². The zero-order valence-corrected chi connectivity index (χ0v) is 17.4. The molecule has 0 bridgehead atoms. The Labute approximate surface area is 176 Å². The third-order valence-corrected chi connectivity index (χ3v) is 5.96. The molecule has 1 fully saturated rings. The topological polar surface area (TPSA) is 49.6 Å². The van der Waals surface area contributed by atoms with Crippen LogP contribution in [0.25, 0.3) is 5.78 Å². The van der Waals surface area contributed by atoms with Gasteiger partial charge in [-0.15, -0.1) is 0 Å². The highest BCUT2D eigenvalue weighted by Crippen LogP contribution is 2.32. The highest BCUT2D eigenvalue weighted by Gasteiger charge is 2.28. The highest BCUT2D eigenvalue weighted by atomic mass is 15.4. The molecule has 6 heteroatoms. The van der Waals surface area contributed by atoms with Gasteiger partial charge in [0.15, 0.2) is 0 Å². The number of piperazine rings is 1. The van der Waals surface area contributed by atoms with Gasteiger partial charge in [-0.2, -0.15) is 14.6 Å². The summed E-state index contributed by atoms with van der Waals surface area (Å²) < 4.78 is 1.85. The van der Waals surface area contributed by atoms with Crippen LogP contribution in [0, 0.1) is 13.8 Å². The fourth-order valence-electron chi connectivity index (χ4n) is 4.46. The Hall–Kier alpha value is -3.25. The average Bonchev–Trinajstić information content (AvgIpc) is 3.24. The maximum Gasteiger partial charge on any atom is 0.254 e. The molecule has 0 amide bonds. The molecule has 0 unspecified atom stereocenters. The van der Waals surface area contributed by atoms with Crippen LogP contribution in [-0.4, -0.2) is 50.7 Å². The second-order valence-corrected chi connectivity index (χ2v) is 7.92. The number of anilines is 1. The van der Waals surface area contributed by atoms with Gasteiger partial charge < -0.3 is 4.90 Å². The van der Waals surface area contributed by atoms with Crippen molar-refractivity contribution in [1.29, 1.82) is 0 Å². The van der Waals surface area contributed by atoms with E-state index < -0.39 is 0 Å². The number of rotatable bonds is 4. The molecule has 2 aromatic carbocycles. The quantitative estimate of drug-likeness (QED) is 0.525. The van der Waals surface area contributed by atoms with Crippen LogP contribution in [0.1, 0.15) is 28.4 Å². The van der Waals surface area contributed by atoms with Crippen molar-refractivity contribution in [2.24, 2.45) is 0 Å². The third kappa shape index (κ3) is 3.44. The Morgan fingerprint density at radius 1 is 0.867 bits per heavy atom. The van der Waals surface area contributed by atoms with Crippen molar-refractivity contribution in [3.8, 4) is 0 Å². The van der Waals surface area contributed by atoms with E-state index in [1.165, 1.54) is 16.7 Å². The summed E-state index contributed by atoms with van der Waals surface area (Å²) in [6.07, 6.45) is 1.57. The van der Waals surface area contributed by atoms with Crippen molar-refractivity contribution in [2.45, 2.75) is 19.9 Å². The van der Waals surface area contributed by atoms with E-state index >= 15 is 0 Å². The summed E-state index contributed by atoms with van der Waals surface area (Å²) >= 11 is 0. The van der Waals surface area contributed by atoms with E-state index in [9.17, 15) is 0 Å². The highest BCUT2D eigenvalue weighted by molar-refractivity contribution is 5.48. The van der Waals surface area contributed by atoms with Gasteiger partial charge in [0.25, 0.3) is 5.78 Å². The Kier molecular flexibility index (Phi) is 4.93. The lowest BCUT2D eigenvalue weighted by Gasteiger charge is -2.41. The van der Waals surface area contributed by atoms with Gasteiger partial charge >= 0.3 is 0 Å². The fourth-order valence-corrected chi connectivity index (χ4v) is 4.46. The van der Waals surface area contributed by atoms with Gasteiger partial charge in [0.2, 0.25) is 0 Å². The molecule has 6 nitrogen and oxygen atoms in total. The van der Waals surface area contributed by atoms with Crippen LogP contribution in [0.4, 0.5) is 5.82 Å². The summed E-state index contributed by atoms with van der Waals surface area (Å²) in [5, 5.41) is 4.38. The smallest absolute Gasteiger partial charge is 0.254 e. The first kappa shape index (κ1) is 18.8. The second kappa shape index (κ2) is 7.88. The molecule has 3 heterocycles. The fraction of sp³-hybridized carbons (Fsp3) is 0.292. The van der Waals surface area contributed by atoms with Crippen LogP contribution in [-0.2, 0) is 0 Å². The van der Waals surface area contributed by atoms with Gasteiger partial charge in [-0.25, -0.2) is 4.98 Å². The number of aryl methyl sites for hydroxylation is 2. The average molecular weight is 399 g/mol. The van der Waals surface area contributed by atoms with E-state index in [1.54, 1.807) is 6.33 Å². The maximum atomic E-state index is 4.48. The van der Waals surface area contributed by atoms with Crippen LogP contribution in [0.5, 0.6) is 0 Å². The van der Waals surface area contributed by atoms with Crippen LogP contribution < -0.4 is 4.90 Å². The van der Waals surface area contributed by atoms with Gasteiger partial charge in [0.1, 0.15) is 12.1 Å². The van der Waals surface area contributed by atoms with Crippen LogP contribution in [0.3, 0.4) is 0 Å². The minimum absolute atomic E-state index is 0.264. The molecule has 0 saturated carbocycles. The molecular formula is C24H26N6. The summed E-state index contributed by atoms with van der Waals surface area (Å²) in [7, 11) is 0. The molecule has 2 aromatic heterocycles. The van der Waals surface area contributed by atoms with Gasteiger partial charge in [0.05, 0.1) is 6.04 Å². The third-order valence-electron chi connectivity index (χ3n) is 5.96. The number of nitrogens with zero attached hydrogens (tertiary/aromatic N) is 6. The SMILES string of the molecule is Cc1cc(N2CCN([C@H](c3ccccc3)c3ccccc3C)CC2)n2ncnc2n1. The molecule has 4 aromatic rings. The molecule has 1 aliphatic rings. The number of fused-ring (bicyclic) bond motifs is 1. The lowest BCUT2D eigenvalue weighted by Crippen LogP contribution is -2.48. The Bertz CT molecular complexity index is 1140. The first-order valence-corrected chi connectivity index (χ1v) is 10.5. The Morgan fingerprint density at radius 2 is 1.60 bits per heavy atom. The number of aromatic nitrogens is 4. The van der Waals surface area contributed by atoms with Gasteiger partial charge in [-0.1, -0.05) is 54.6 Å². The van der Waals surface area contributed by atoms with Gasteiger partial charge in [-0.3, -0.25) is 4.90 Å². The molecule has 30 heavy (non-hydrogen) atoms. The first-order valence-electron chi connectivity index (χ1n) is 10.5. The summed E-state index contributed by atoms with van der Waals surface area (Å²) in [5.74, 6) is 1.73. The zero-order chi connectivity index (χ0) is 20.5. The Balaban J connectivity index is 1.43. The standard InChI is InChI=1S/C24H26N6/c1-18-8-6-7-11-21(18)23(20-9-4-3-5-10-20)29-14-12-28(13-15-29)22-16-19(2)27-24-25-17-26-30(22)24/h3-11,16-17,23H,12-15H2,1-2H3/t23-/m1/s1. The minimum atomic E-state index is 0.264. The van der Waals surface area contributed by atoms with Crippen molar-refractivity contribution in [3.05, 3.63) is 89.4 Å². The normalized spacial score (nSPS) is 16.1. The number of hydrogen-bond acceptors (Lipinski definition) is 5. The van der Waals surface area contributed by atoms with E-state index in [0.717, 1.165) is 37.7 Å². The molecule has 152 valence electrons.